The van der Waals surface area contributed by atoms with Crippen molar-refractivity contribution < 1.29 is 0 Å². The van der Waals surface area contributed by atoms with E-state index in [1.165, 1.54) is 9.91 Å². The zero-order valence-corrected chi connectivity index (χ0v) is 8.02. The van der Waals surface area contributed by atoms with Crippen molar-refractivity contribution in [2.24, 2.45) is 0 Å². The van der Waals surface area contributed by atoms with Gasteiger partial charge in [-0.15, -0.1) is 11.3 Å². The quantitative estimate of drug-likeness (QED) is 0.552. The molecule has 12 heavy (non-hydrogen) atoms. The number of piperazine rings is 1. The third-order valence-corrected chi connectivity index (χ3v) is 2.97. The summed E-state index contributed by atoms with van der Waals surface area (Å²) in [5.41, 5.74) is 0. The third-order valence-electron chi connectivity index (χ3n) is 2.00. The Labute approximate surface area is 77.2 Å². The molecule has 0 unspecified atom stereocenters. The lowest BCUT2D eigenvalue weighted by molar-refractivity contribution is 0.588. The Kier molecular flexibility index (Phi) is 2.32. The summed E-state index contributed by atoms with van der Waals surface area (Å²) in [4.78, 5) is 6.70. The van der Waals surface area contributed by atoms with Crippen LogP contribution < -0.4 is 15.0 Å². The van der Waals surface area contributed by atoms with Crippen LogP contribution in [0.3, 0.4) is 0 Å². The lowest BCUT2D eigenvalue weighted by atomic mass is 10.1. The Morgan fingerprint density at radius 2 is 2.25 bits per heavy atom. The van der Waals surface area contributed by atoms with Gasteiger partial charge in [0.2, 0.25) is 0 Å². The first kappa shape index (κ1) is 8.07. The highest BCUT2D eigenvalue weighted by Crippen LogP contribution is 2.14. The van der Waals surface area contributed by atoms with E-state index in [0.29, 0.717) is 0 Å². The van der Waals surface area contributed by atoms with E-state index in [0.717, 1.165) is 26.2 Å². The number of aromatic nitrogens is 1. The second-order valence-electron chi connectivity index (χ2n) is 2.99. The molecule has 1 aliphatic heterocycles. The predicted octanol–water partition coefficient (Wildman–Crippen LogP) is -1.19. The van der Waals surface area contributed by atoms with E-state index in [2.05, 4.69) is 23.0 Å². The minimum absolute atomic E-state index is 1.08. The molecule has 1 fully saturated rings. The molecule has 0 spiro atoms. The Morgan fingerprint density at radius 3 is 2.83 bits per heavy atom. The Balaban J connectivity index is 2.08. The van der Waals surface area contributed by atoms with Gasteiger partial charge in [-0.2, -0.15) is 0 Å². The molecule has 0 atom stereocenters. The number of anilines is 1. The van der Waals surface area contributed by atoms with E-state index in [1.807, 2.05) is 6.20 Å². The van der Waals surface area contributed by atoms with Crippen molar-refractivity contribution in [2.45, 2.75) is 0 Å². The first-order valence-electron chi connectivity index (χ1n) is 4.24. The van der Waals surface area contributed by atoms with Crippen molar-refractivity contribution in [3.05, 3.63) is 6.20 Å². The molecule has 0 bridgehead atoms. The largest absolute Gasteiger partial charge is 0.346 e. The van der Waals surface area contributed by atoms with Crippen LogP contribution in [0.1, 0.15) is 0 Å². The first-order chi connectivity index (χ1) is 5.86. The number of thiazole rings is 1. The minimum Gasteiger partial charge on any atom is -0.346 e. The molecule has 0 amide bonds. The lowest BCUT2D eigenvalue weighted by Crippen LogP contribution is -2.43. The molecule has 0 aliphatic carbocycles. The van der Waals surface area contributed by atoms with E-state index in [9.17, 15) is 0 Å². The van der Waals surface area contributed by atoms with Gasteiger partial charge in [0, 0.05) is 32.4 Å². The van der Waals surface area contributed by atoms with E-state index in [-0.39, 0.29) is 0 Å². The summed E-state index contributed by atoms with van der Waals surface area (Å²) in [6.07, 6.45) is 1.95. The highest BCUT2D eigenvalue weighted by Gasteiger charge is 2.12. The average Bonchev–Trinajstić information content (AvgIpc) is 2.54. The van der Waals surface area contributed by atoms with Crippen molar-refractivity contribution in [1.82, 2.24) is 10.3 Å². The van der Waals surface area contributed by atoms with Crippen LogP contribution in [0.25, 0.3) is 0 Å². The molecule has 1 saturated heterocycles. The normalized spacial score (nSPS) is 18.2. The molecule has 64 valence electrons. The second-order valence-corrected chi connectivity index (χ2v) is 4.20. The van der Waals surface area contributed by atoms with Crippen molar-refractivity contribution in [1.29, 1.82) is 0 Å². The maximum absolute atomic E-state index is 4.36. The molecule has 1 N–H and O–H groups in total. The van der Waals surface area contributed by atoms with Gasteiger partial charge >= 0.3 is 0 Å². The molecule has 0 saturated carbocycles. The predicted molar refractivity (Wildman–Crippen MR) is 55.4 cm³/mol. The van der Waals surface area contributed by atoms with Crippen molar-refractivity contribution in [3.63, 3.8) is 0 Å². The molecule has 2 rings (SSSR count). The fourth-order valence-electron chi connectivity index (χ4n) is 1.35. The van der Waals surface area contributed by atoms with E-state index in [4.69, 9.17) is 0 Å². The van der Waals surface area contributed by atoms with Gasteiger partial charge in [-0.05, 0) is 4.78 Å². The standard InChI is InChI=1S/C7H12BN3S/c8-6-5-10-7(12-6)11-3-1-9-2-4-11/h5,9H,1-4,8H2. The Morgan fingerprint density at radius 1 is 1.50 bits per heavy atom. The fourth-order valence-corrected chi connectivity index (χ4v) is 2.16. The van der Waals surface area contributed by atoms with Gasteiger partial charge in [-0.3, -0.25) is 0 Å². The van der Waals surface area contributed by atoms with Crippen LogP contribution in [-0.2, 0) is 0 Å². The summed E-state index contributed by atoms with van der Waals surface area (Å²) in [5, 5.41) is 4.50. The number of nitrogens with zero attached hydrogens (tertiary/aromatic N) is 2. The minimum atomic E-state index is 1.08. The summed E-state index contributed by atoms with van der Waals surface area (Å²) < 4.78 is 1.29. The van der Waals surface area contributed by atoms with Crippen LogP contribution in [0.15, 0.2) is 6.20 Å². The average molecular weight is 181 g/mol. The second kappa shape index (κ2) is 3.45. The maximum atomic E-state index is 4.36. The van der Waals surface area contributed by atoms with Gasteiger partial charge in [0.1, 0.15) is 0 Å². The van der Waals surface area contributed by atoms with Crippen LogP contribution >= 0.6 is 11.3 Å². The van der Waals surface area contributed by atoms with Crippen molar-refractivity contribution in [2.75, 3.05) is 31.1 Å². The van der Waals surface area contributed by atoms with Crippen LogP contribution in [0.2, 0.25) is 0 Å². The third kappa shape index (κ3) is 1.62. The zero-order chi connectivity index (χ0) is 8.39. The van der Waals surface area contributed by atoms with Crippen LogP contribution in [0, 0.1) is 0 Å². The lowest BCUT2D eigenvalue weighted by Gasteiger charge is -2.26. The van der Waals surface area contributed by atoms with Crippen molar-refractivity contribution >= 4 is 29.1 Å². The van der Waals surface area contributed by atoms with Crippen LogP contribution in [0.5, 0.6) is 0 Å². The number of rotatable bonds is 1. The summed E-state index contributed by atoms with van der Waals surface area (Å²) in [6.45, 7) is 4.34. The zero-order valence-electron chi connectivity index (χ0n) is 7.21. The van der Waals surface area contributed by atoms with E-state index in [1.54, 1.807) is 11.3 Å². The van der Waals surface area contributed by atoms with Gasteiger partial charge in [0.15, 0.2) is 13.0 Å². The van der Waals surface area contributed by atoms with Crippen LogP contribution in [0.4, 0.5) is 5.13 Å². The smallest absolute Gasteiger partial charge is 0.184 e. The molecule has 0 radical (unpaired) electrons. The van der Waals surface area contributed by atoms with E-state index < -0.39 is 0 Å². The highest BCUT2D eigenvalue weighted by molar-refractivity contribution is 7.23. The van der Waals surface area contributed by atoms with Gasteiger partial charge in [-0.25, -0.2) is 4.98 Å². The summed E-state index contributed by atoms with van der Waals surface area (Å²) in [5.74, 6) is 0. The monoisotopic (exact) mass is 181 g/mol. The van der Waals surface area contributed by atoms with Crippen LogP contribution in [-0.4, -0.2) is 39.0 Å². The van der Waals surface area contributed by atoms with Gasteiger partial charge in [0.05, 0.1) is 0 Å². The van der Waals surface area contributed by atoms with Crippen molar-refractivity contribution in [3.8, 4) is 0 Å². The number of hydrogen-bond acceptors (Lipinski definition) is 4. The molecule has 5 heteroatoms. The highest BCUT2D eigenvalue weighted by atomic mass is 32.1. The molecular formula is C7H12BN3S. The molecule has 0 aromatic carbocycles. The molecule has 3 nitrogen and oxygen atoms in total. The summed E-state index contributed by atoms with van der Waals surface area (Å²) >= 11 is 1.78. The summed E-state index contributed by atoms with van der Waals surface area (Å²) in [7, 11) is 2.10. The topological polar surface area (TPSA) is 28.2 Å². The SMILES string of the molecule is Bc1cnc(N2CCNCC2)s1. The number of hydrogen-bond donors (Lipinski definition) is 1. The molecule has 1 aliphatic rings. The molecule has 1 aromatic rings. The maximum Gasteiger partial charge on any atom is 0.184 e. The van der Waals surface area contributed by atoms with E-state index >= 15 is 0 Å². The molecular weight excluding hydrogens is 169 g/mol. The fraction of sp³-hybridized carbons (Fsp3) is 0.571. The molecule has 1 aromatic heterocycles. The van der Waals surface area contributed by atoms with Gasteiger partial charge in [0.25, 0.3) is 0 Å². The Bertz CT molecular complexity index is 257. The van der Waals surface area contributed by atoms with Gasteiger partial charge in [-0.1, -0.05) is 0 Å². The Hall–Kier alpha value is -0.545. The first-order valence-corrected chi connectivity index (χ1v) is 5.06. The molecule has 2 heterocycles. The van der Waals surface area contributed by atoms with Gasteiger partial charge < -0.3 is 10.2 Å². The summed E-state index contributed by atoms with van der Waals surface area (Å²) in [6, 6.07) is 0. The number of nitrogens with one attached hydrogen (secondary N) is 1.